The van der Waals surface area contributed by atoms with Crippen LogP contribution >= 0.6 is 0 Å². The van der Waals surface area contributed by atoms with E-state index in [1.807, 2.05) is 30.3 Å². The van der Waals surface area contributed by atoms with E-state index < -0.39 is 0 Å². The van der Waals surface area contributed by atoms with E-state index >= 15 is 0 Å². The zero-order valence-electron chi connectivity index (χ0n) is 12.9. The van der Waals surface area contributed by atoms with E-state index in [2.05, 4.69) is 25.5 Å². The summed E-state index contributed by atoms with van der Waals surface area (Å²) in [5, 5.41) is 11.9. The third-order valence-electron chi connectivity index (χ3n) is 3.64. The molecule has 4 aromatic rings. The van der Waals surface area contributed by atoms with Crippen molar-refractivity contribution in [2.24, 2.45) is 0 Å². The van der Waals surface area contributed by atoms with Gasteiger partial charge in [0.1, 0.15) is 5.82 Å². The van der Waals surface area contributed by atoms with Gasteiger partial charge in [-0.25, -0.2) is 14.4 Å². The largest absolute Gasteiger partial charge is 0.368 e. The highest BCUT2D eigenvalue weighted by Gasteiger charge is 2.18. The van der Waals surface area contributed by atoms with Crippen molar-refractivity contribution in [3.05, 3.63) is 66.6 Å². The second-order valence-electron chi connectivity index (χ2n) is 5.25. The smallest absolute Gasteiger partial charge is 0.220 e. The van der Waals surface area contributed by atoms with Crippen molar-refractivity contribution < 1.29 is 4.39 Å². The van der Waals surface area contributed by atoms with Crippen LogP contribution in [0.2, 0.25) is 0 Å². The maximum atomic E-state index is 13.2. The average Bonchev–Trinajstić information content (AvgIpc) is 3.12. The molecule has 4 rings (SSSR count). The molecule has 2 aromatic heterocycles. The summed E-state index contributed by atoms with van der Waals surface area (Å²) in [6.45, 7) is 0. The van der Waals surface area contributed by atoms with Crippen LogP contribution in [0.15, 0.2) is 60.8 Å². The highest BCUT2D eigenvalue weighted by Crippen LogP contribution is 2.30. The average molecular weight is 333 g/mol. The predicted molar refractivity (Wildman–Crippen MR) is 90.0 cm³/mol. The van der Waals surface area contributed by atoms with Gasteiger partial charge in [0.15, 0.2) is 5.82 Å². The van der Waals surface area contributed by atoms with Crippen LogP contribution in [0, 0.1) is 5.82 Å². The summed E-state index contributed by atoms with van der Waals surface area (Å²) in [4.78, 5) is 8.36. The first-order chi connectivity index (χ1) is 12.2. The van der Waals surface area contributed by atoms with Crippen LogP contribution in [0.4, 0.5) is 10.3 Å². The van der Waals surface area contributed by atoms with Gasteiger partial charge >= 0.3 is 0 Å². The topological polar surface area (TPSA) is 95.4 Å². The van der Waals surface area contributed by atoms with Crippen LogP contribution in [-0.2, 0) is 0 Å². The van der Waals surface area contributed by atoms with Gasteiger partial charge in [0, 0.05) is 11.8 Å². The number of nitrogen functional groups attached to an aromatic ring is 1. The van der Waals surface area contributed by atoms with Crippen LogP contribution in [0.1, 0.15) is 0 Å². The van der Waals surface area contributed by atoms with E-state index in [-0.39, 0.29) is 11.8 Å². The lowest BCUT2D eigenvalue weighted by molar-refractivity contribution is 0.628. The lowest BCUT2D eigenvalue weighted by Gasteiger charge is -2.09. The van der Waals surface area contributed by atoms with Gasteiger partial charge < -0.3 is 5.73 Å². The molecule has 2 aromatic carbocycles. The lowest BCUT2D eigenvalue weighted by atomic mass is 10.1. The van der Waals surface area contributed by atoms with Crippen molar-refractivity contribution in [2.45, 2.75) is 0 Å². The van der Waals surface area contributed by atoms with E-state index in [0.717, 1.165) is 5.69 Å². The molecule has 2 heterocycles. The van der Waals surface area contributed by atoms with Gasteiger partial charge in [-0.05, 0) is 46.8 Å². The molecule has 0 spiro atoms. The Morgan fingerprint density at radius 2 is 1.72 bits per heavy atom. The molecule has 8 heteroatoms. The molecule has 0 aliphatic rings. The molecule has 0 aliphatic heterocycles. The fraction of sp³-hybridized carbons (Fsp3) is 0. The van der Waals surface area contributed by atoms with Crippen molar-refractivity contribution in [2.75, 3.05) is 5.73 Å². The summed E-state index contributed by atoms with van der Waals surface area (Å²) in [5.41, 5.74) is 8.35. The van der Waals surface area contributed by atoms with E-state index in [1.54, 1.807) is 23.0 Å². The summed E-state index contributed by atoms with van der Waals surface area (Å²) >= 11 is 0. The first-order valence-electron chi connectivity index (χ1n) is 7.45. The summed E-state index contributed by atoms with van der Waals surface area (Å²) in [6, 6.07) is 15.4. The van der Waals surface area contributed by atoms with Gasteiger partial charge in [0.2, 0.25) is 5.95 Å². The molecule has 0 saturated heterocycles. The summed E-state index contributed by atoms with van der Waals surface area (Å²) in [5.74, 6) is 0.244. The van der Waals surface area contributed by atoms with Crippen LogP contribution in [-0.4, -0.2) is 30.2 Å². The molecule has 122 valence electrons. The maximum absolute atomic E-state index is 13.2. The molecule has 2 N–H and O–H groups in total. The lowest BCUT2D eigenvalue weighted by Crippen LogP contribution is -2.04. The number of anilines is 1. The third kappa shape index (κ3) is 2.80. The SMILES string of the molecule is Nc1ncc(-c2nnnn2-c2ccccc2)c(-c2ccc(F)cc2)n1. The minimum absolute atomic E-state index is 0.113. The monoisotopic (exact) mass is 333 g/mol. The Labute approximate surface area is 142 Å². The van der Waals surface area contributed by atoms with Gasteiger partial charge in [-0.2, -0.15) is 4.68 Å². The molecular formula is C17H12FN7. The molecule has 0 radical (unpaired) electrons. The minimum Gasteiger partial charge on any atom is -0.368 e. The van der Waals surface area contributed by atoms with Crippen LogP contribution in [0.25, 0.3) is 28.3 Å². The predicted octanol–water partition coefficient (Wildman–Crippen LogP) is 2.51. The first-order valence-corrected chi connectivity index (χ1v) is 7.45. The molecule has 0 atom stereocenters. The summed E-state index contributed by atoms with van der Waals surface area (Å²) in [7, 11) is 0. The van der Waals surface area contributed by atoms with Gasteiger partial charge in [0.05, 0.1) is 16.9 Å². The van der Waals surface area contributed by atoms with Gasteiger partial charge in [-0.3, -0.25) is 0 Å². The molecule has 25 heavy (non-hydrogen) atoms. The van der Waals surface area contributed by atoms with Crippen molar-refractivity contribution in [3.8, 4) is 28.3 Å². The Balaban J connectivity index is 1.91. The molecule has 0 aliphatic carbocycles. The molecule has 0 fully saturated rings. The van der Waals surface area contributed by atoms with E-state index in [4.69, 9.17) is 5.73 Å². The molecule has 7 nitrogen and oxygen atoms in total. The van der Waals surface area contributed by atoms with Crippen molar-refractivity contribution in [1.29, 1.82) is 0 Å². The van der Waals surface area contributed by atoms with E-state index in [0.29, 0.717) is 22.6 Å². The number of benzene rings is 2. The van der Waals surface area contributed by atoms with Crippen LogP contribution < -0.4 is 5.73 Å². The van der Waals surface area contributed by atoms with Crippen LogP contribution in [0.5, 0.6) is 0 Å². The maximum Gasteiger partial charge on any atom is 0.220 e. The standard InChI is InChI=1S/C17H12FN7/c18-12-8-6-11(7-9-12)15-14(10-20-17(19)21-15)16-22-23-24-25(16)13-4-2-1-3-5-13/h1-10H,(H2,19,20,21). The number of rotatable bonds is 3. The number of tetrazole rings is 1. The molecule has 0 saturated carbocycles. The zero-order chi connectivity index (χ0) is 17.2. The number of halogens is 1. The van der Waals surface area contributed by atoms with Crippen molar-refractivity contribution in [3.63, 3.8) is 0 Å². The number of nitrogens with zero attached hydrogens (tertiary/aromatic N) is 6. The fourth-order valence-electron chi connectivity index (χ4n) is 2.49. The van der Waals surface area contributed by atoms with Gasteiger partial charge in [-0.15, -0.1) is 5.10 Å². The number of aromatic nitrogens is 6. The summed E-state index contributed by atoms with van der Waals surface area (Å²) < 4.78 is 14.8. The Kier molecular flexibility index (Phi) is 3.62. The third-order valence-corrected chi connectivity index (χ3v) is 3.64. The van der Waals surface area contributed by atoms with E-state index in [9.17, 15) is 4.39 Å². The number of hydrogen-bond acceptors (Lipinski definition) is 6. The minimum atomic E-state index is -0.332. The number of para-hydroxylation sites is 1. The molecular weight excluding hydrogens is 321 g/mol. The summed E-state index contributed by atoms with van der Waals surface area (Å²) in [6.07, 6.45) is 1.56. The van der Waals surface area contributed by atoms with Gasteiger partial charge in [0.25, 0.3) is 0 Å². The molecule has 0 unspecified atom stereocenters. The molecule has 0 bridgehead atoms. The Morgan fingerprint density at radius 3 is 2.48 bits per heavy atom. The second kappa shape index (κ2) is 6.08. The highest BCUT2D eigenvalue weighted by atomic mass is 19.1. The van der Waals surface area contributed by atoms with Crippen molar-refractivity contribution in [1.82, 2.24) is 30.2 Å². The Bertz CT molecular complexity index is 1010. The van der Waals surface area contributed by atoms with E-state index in [1.165, 1.54) is 12.1 Å². The quantitative estimate of drug-likeness (QED) is 0.619. The zero-order valence-corrected chi connectivity index (χ0v) is 12.9. The Morgan fingerprint density at radius 1 is 0.960 bits per heavy atom. The number of hydrogen-bond donors (Lipinski definition) is 1. The number of nitrogens with two attached hydrogens (primary N) is 1. The highest BCUT2D eigenvalue weighted by molar-refractivity contribution is 5.78. The van der Waals surface area contributed by atoms with Gasteiger partial charge in [-0.1, -0.05) is 18.2 Å². The Hall–Kier alpha value is -3.68. The molecule has 0 amide bonds. The fourth-order valence-corrected chi connectivity index (χ4v) is 2.49. The normalized spacial score (nSPS) is 10.8. The van der Waals surface area contributed by atoms with Crippen molar-refractivity contribution >= 4 is 5.95 Å². The van der Waals surface area contributed by atoms with Crippen LogP contribution in [0.3, 0.4) is 0 Å². The second-order valence-corrected chi connectivity index (χ2v) is 5.25. The first kappa shape index (κ1) is 14.9.